The van der Waals surface area contributed by atoms with Crippen LogP contribution in [0.1, 0.15) is 18.5 Å². The topological polar surface area (TPSA) is 179 Å². The van der Waals surface area contributed by atoms with Crippen molar-refractivity contribution in [3.63, 3.8) is 0 Å². The Balaban J connectivity index is 1.58. The van der Waals surface area contributed by atoms with Crippen molar-refractivity contribution in [2.75, 3.05) is 18.1 Å². The number of oxime groups is 1. The lowest BCUT2D eigenvalue weighted by Crippen LogP contribution is -2.78. The van der Waals surface area contributed by atoms with Crippen LogP contribution in [0.4, 0.5) is 18.3 Å². The Morgan fingerprint density at radius 1 is 1.44 bits per heavy atom. The number of ketones is 1. The number of β-lactam (4-membered cyclic amide) rings is 1. The fourth-order valence-electron chi connectivity index (χ4n) is 4.14. The van der Waals surface area contributed by atoms with E-state index in [9.17, 15) is 41.7 Å². The number of alkyl halides is 3. The van der Waals surface area contributed by atoms with Crippen LogP contribution in [-0.2, 0) is 39.6 Å². The number of thiazole rings is 1. The summed E-state index contributed by atoms with van der Waals surface area (Å²) in [5.41, 5.74) is 2.37. The summed E-state index contributed by atoms with van der Waals surface area (Å²) >= 11 is 0.879. The van der Waals surface area contributed by atoms with Crippen LogP contribution >= 0.6 is 11.3 Å². The number of fused-ring (bicyclic) bond motifs is 3. The molecule has 0 unspecified atom stereocenters. The molecular weight excluding hydrogens is 509 g/mol. The molecule has 0 saturated carbocycles. The maximum Gasteiger partial charge on any atom is 0.425 e. The predicted molar refractivity (Wildman–Crippen MR) is 106 cm³/mol. The SMILES string of the molecule is Nc1nc(/C(=N/OCC(F)(F)F)C(=O)C[C@@H]2C(=O)N3[C@@H]2[S@@](=O)C[C@@H]2CC(=O)O[C@@]23C(=O)O)cs1. The first-order chi connectivity index (χ1) is 15.8. The molecule has 0 bridgehead atoms. The first-order valence-electron chi connectivity index (χ1n) is 9.52. The smallest absolute Gasteiger partial charge is 0.425 e. The summed E-state index contributed by atoms with van der Waals surface area (Å²) in [6, 6.07) is 0. The van der Waals surface area contributed by atoms with Crippen molar-refractivity contribution in [1.29, 1.82) is 0 Å². The van der Waals surface area contributed by atoms with E-state index in [1.54, 1.807) is 0 Å². The molecule has 0 radical (unpaired) electrons. The largest absolute Gasteiger partial charge is 0.477 e. The van der Waals surface area contributed by atoms with E-state index in [2.05, 4.69) is 15.0 Å². The summed E-state index contributed by atoms with van der Waals surface area (Å²) in [6.07, 6.45) is -5.75. The van der Waals surface area contributed by atoms with Gasteiger partial charge >= 0.3 is 18.1 Å². The molecule has 17 heteroatoms. The van der Waals surface area contributed by atoms with Gasteiger partial charge in [0.05, 0.1) is 18.3 Å². The highest BCUT2D eigenvalue weighted by Gasteiger charge is 2.72. The molecule has 12 nitrogen and oxygen atoms in total. The molecule has 34 heavy (non-hydrogen) atoms. The quantitative estimate of drug-likeness (QED) is 0.211. The number of ether oxygens (including phenoxy) is 1. The number of halogens is 3. The first-order valence-corrected chi connectivity index (χ1v) is 11.8. The second-order valence-electron chi connectivity index (χ2n) is 7.66. The molecule has 0 aromatic carbocycles. The van der Waals surface area contributed by atoms with Crippen molar-refractivity contribution in [2.45, 2.75) is 30.1 Å². The minimum atomic E-state index is -4.73. The van der Waals surface area contributed by atoms with Crippen molar-refractivity contribution in [3.05, 3.63) is 11.1 Å². The third kappa shape index (κ3) is 3.91. The number of carbonyl (C=O) groups excluding carboxylic acids is 3. The number of nitrogens with two attached hydrogens (primary N) is 1. The monoisotopic (exact) mass is 524 g/mol. The zero-order chi connectivity index (χ0) is 25.0. The molecule has 4 heterocycles. The second-order valence-corrected chi connectivity index (χ2v) is 10.1. The Bertz CT molecular complexity index is 1140. The third-order valence-electron chi connectivity index (χ3n) is 5.51. The van der Waals surface area contributed by atoms with Crippen LogP contribution in [0.5, 0.6) is 0 Å². The zero-order valence-corrected chi connectivity index (χ0v) is 18.4. The predicted octanol–water partition coefficient (Wildman–Crippen LogP) is -0.142. The molecule has 184 valence electrons. The summed E-state index contributed by atoms with van der Waals surface area (Å²) in [5, 5.41) is 12.9. The number of hydrogen-bond acceptors (Lipinski definition) is 11. The van der Waals surface area contributed by atoms with Crippen LogP contribution in [0.15, 0.2) is 10.5 Å². The van der Waals surface area contributed by atoms with E-state index in [4.69, 9.17) is 10.5 Å². The number of carboxylic acid groups (broad SMARTS) is 1. The number of nitrogen functional groups attached to an aromatic ring is 1. The van der Waals surface area contributed by atoms with Crippen LogP contribution in [-0.4, -0.2) is 78.2 Å². The fraction of sp³-hybridized carbons (Fsp3) is 0.529. The minimum absolute atomic E-state index is 0.0110. The number of Topliss-reactive ketones (excluding diaryl/α,β-unsaturated/α-hetero) is 1. The van der Waals surface area contributed by atoms with E-state index in [1.165, 1.54) is 5.38 Å². The van der Waals surface area contributed by atoms with Gasteiger partial charge in [-0.15, -0.1) is 11.3 Å². The van der Waals surface area contributed by atoms with Gasteiger partial charge in [-0.1, -0.05) is 5.16 Å². The number of carbonyl (C=O) groups is 4. The molecule has 4 rings (SSSR count). The number of aromatic nitrogens is 1. The molecule has 3 aliphatic heterocycles. The second kappa shape index (κ2) is 8.30. The summed E-state index contributed by atoms with van der Waals surface area (Å²) < 4.78 is 55.0. The Morgan fingerprint density at radius 2 is 2.15 bits per heavy atom. The summed E-state index contributed by atoms with van der Waals surface area (Å²) in [7, 11) is -1.83. The van der Waals surface area contributed by atoms with E-state index < -0.39 is 82.3 Å². The number of rotatable bonds is 7. The Labute approximate surface area is 194 Å². The van der Waals surface area contributed by atoms with Gasteiger partial charge in [0.25, 0.3) is 5.72 Å². The van der Waals surface area contributed by atoms with Crippen molar-refractivity contribution in [1.82, 2.24) is 9.88 Å². The molecule has 5 atom stereocenters. The Kier molecular flexibility index (Phi) is 5.87. The Hall–Kier alpha value is -3.08. The summed E-state index contributed by atoms with van der Waals surface area (Å²) in [6.45, 7) is -1.79. The maximum absolute atomic E-state index is 12.9. The van der Waals surface area contributed by atoms with Gasteiger partial charge in [-0.05, 0) is 0 Å². The van der Waals surface area contributed by atoms with E-state index in [1.807, 2.05) is 0 Å². The number of hydrogen-bond donors (Lipinski definition) is 2. The molecule has 3 fully saturated rings. The van der Waals surface area contributed by atoms with Gasteiger partial charge in [-0.25, -0.2) is 9.78 Å². The average Bonchev–Trinajstić information content (AvgIpc) is 3.29. The van der Waals surface area contributed by atoms with E-state index >= 15 is 0 Å². The van der Waals surface area contributed by atoms with Gasteiger partial charge < -0.3 is 20.4 Å². The fourth-order valence-corrected chi connectivity index (χ4v) is 6.70. The molecule has 1 aromatic heterocycles. The number of amides is 1. The van der Waals surface area contributed by atoms with E-state index in [0.717, 1.165) is 11.3 Å². The molecule has 0 aliphatic carbocycles. The maximum atomic E-state index is 12.9. The normalized spacial score (nSPS) is 30.8. The lowest BCUT2D eigenvalue weighted by Gasteiger charge is -2.56. The van der Waals surface area contributed by atoms with Gasteiger partial charge in [-0.3, -0.25) is 23.5 Å². The molecule has 1 aromatic rings. The first kappa shape index (κ1) is 24.1. The number of anilines is 1. The van der Waals surface area contributed by atoms with Crippen molar-refractivity contribution >= 4 is 56.6 Å². The number of aliphatic carboxylic acids is 1. The molecular formula is C17H15F3N4O8S2. The highest BCUT2D eigenvalue weighted by atomic mass is 32.2. The van der Waals surface area contributed by atoms with Crippen LogP contribution in [0.2, 0.25) is 0 Å². The molecule has 3 aliphatic rings. The molecule has 0 spiro atoms. The number of carboxylic acids is 1. The van der Waals surface area contributed by atoms with Crippen molar-refractivity contribution < 1.29 is 51.2 Å². The van der Waals surface area contributed by atoms with Crippen molar-refractivity contribution in [3.8, 4) is 0 Å². The highest BCUT2D eigenvalue weighted by molar-refractivity contribution is 7.85. The molecule has 3 N–H and O–H groups in total. The summed E-state index contributed by atoms with van der Waals surface area (Å²) in [5.74, 6) is -6.90. The van der Waals surface area contributed by atoms with Gasteiger partial charge in [0.1, 0.15) is 11.1 Å². The van der Waals surface area contributed by atoms with Gasteiger partial charge in [0, 0.05) is 28.4 Å². The average molecular weight is 524 g/mol. The lowest BCUT2D eigenvalue weighted by molar-refractivity contribution is -0.220. The Morgan fingerprint density at radius 3 is 2.74 bits per heavy atom. The lowest BCUT2D eigenvalue weighted by atomic mass is 9.84. The molecule has 3 saturated heterocycles. The highest BCUT2D eigenvalue weighted by Crippen LogP contribution is 2.50. The van der Waals surface area contributed by atoms with E-state index in [0.29, 0.717) is 4.90 Å². The van der Waals surface area contributed by atoms with E-state index in [-0.39, 0.29) is 23.0 Å². The summed E-state index contributed by atoms with van der Waals surface area (Å²) in [4.78, 5) is 58.3. The number of esters is 1. The third-order valence-corrected chi connectivity index (χ3v) is 7.99. The number of nitrogens with zero attached hydrogens (tertiary/aromatic N) is 3. The minimum Gasteiger partial charge on any atom is -0.477 e. The van der Waals surface area contributed by atoms with Gasteiger partial charge in [-0.2, -0.15) is 13.2 Å². The van der Waals surface area contributed by atoms with Crippen LogP contribution in [0, 0.1) is 11.8 Å². The molecule has 1 amide bonds. The van der Waals surface area contributed by atoms with Gasteiger partial charge in [0.2, 0.25) is 12.5 Å². The van der Waals surface area contributed by atoms with Crippen LogP contribution in [0.25, 0.3) is 0 Å². The van der Waals surface area contributed by atoms with Crippen molar-refractivity contribution in [2.24, 2.45) is 17.0 Å². The van der Waals surface area contributed by atoms with Crippen LogP contribution in [0.3, 0.4) is 0 Å². The van der Waals surface area contributed by atoms with Crippen LogP contribution < -0.4 is 5.73 Å². The zero-order valence-electron chi connectivity index (χ0n) is 16.8. The standard InChI is InChI=1S/C17H15F3N4O8S2/c18-16(19,20)5-31-23-11(8-3-33-15(21)22-8)9(25)2-7-12(27)24-13(7)34(30)4-6-1-10(26)32-17(6,24)14(28)29/h3,6-7,13H,1-2,4-5H2,(H2,21,22)(H,28,29)/b23-11-/t6-,7+,13+,17+,34-/m0/s1. The van der Waals surface area contributed by atoms with Gasteiger partial charge in [0.15, 0.2) is 16.6 Å².